The standard InChI is InChI=1S/C25H40O13/c1-8-17-12(3)19(32-13(4)27)22(34-15(6)29)25(36-17)38-20-18(9-2)37-24(31-11-10-26)23(35-16(7)30)21(20)33-14(5)28/h12,17-26H,8-11H2,1-7H3/t12-,17-,18-,19+,20?,21+,22-,23-,24-,25-/m1/s1. The Kier molecular flexibility index (Phi) is 12.4. The molecule has 38 heavy (non-hydrogen) atoms. The number of rotatable bonds is 11. The summed E-state index contributed by atoms with van der Waals surface area (Å²) >= 11 is 0. The highest BCUT2D eigenvalue weighted by Gasteiger charge is 2.55. The minimum Gasteiger partial charge on any atom is -0.458 e. The average Bonchev–Trinajstić information content (AvgIpc) is 2.83. The third-order valence-corrected chi connectivity index (χ3v) is 6.27. The predicted octanol–water partition coefficient (Wildman–Crippen LogP) is 1.01. The third-order valence-electron chi connectivity index (χ3n) is 6.27. The Morgan fingerprint density at radius 3 is 1.58 bits per heavy atom. The molecule has 0 aromatic heterocycles. The largest absolute Gasteiger partial charge is 0.458 e. The molecule has 2 rings (SSSR count). The van der Waals surface area contributed by atoms with Crippen LogP contribution in [0.5, 0.6) is 0 Å². The van der Waals surface area contributed by atoms with Crippen LogP contribution in [0.4, 0.5) is 0 Å². The summed E-state index contributed by atoms with van der Waals surface area (Å²) in [6.07, 6.45) is -8.32. The topological polar surface area (TPSA) is 162 Å². The molecule has 2 aliphatic rings. The summed E-state index contributed by atoms with van der Waals surface area (Å²) in [5, 5.41) is 9.23. The molecule has 13 heteroatoms. The predicted molar refractivity (Wildman–Crippen MR) is 127 cm³/mol. The van der Waals surface area contributed by atoms with Crippen LogP contribution in [0.1, 0.15) is 61.3 Å². The fraction of sp³-hybridized carbons (Fsp3) is 0.840. The highest BCUT2D eigenvalue weighted by atomic mass is 16.8. The molecule has 1 unspecified atom stereocenters. The minimum absolute atomic E-state index is 0.127. The van der Waals surface area contributed by atoms with Crippen LogP contribution in [0.15, 0.2) is 0 Å². The van der Waals surface area contributed by atoms with Crippen molar-refractivity contribution in [2.45, 2.75) is 117 Å². The lowest BCUT2D eigenvalue weighted by atomic mass is 9.88. The van der Waals surface area contributed by atoms with Gasteiger partial charge in [-0.25, -0.2) is 0 Å². The van der Waals surface area contributed by atoms with E-state index in [1.165, 1.54) is 27.7 Å². The van der Waals surface area contributed by atoms with Crippen molar-refractivity contribution in [3.8, 4) is 0 Å². The van der Waals surface area contributed by atoms with Gasteiger partial charge in [0.05, 0.1) is 25.4 Å². The van der Waals surface area contributed by atoms with Crippen LogP contribution in [0.2, 0.25) is 0 Å². The fourth-order valence-electron chi connectivity index (χ4n) is 4.77. The highest BCUT2D eigenvalue weighted by Crippen LogP contribution is 2.37. The van der Waals surface area contributed by atoms with Gasteiger partial charge in [0.2, 0.25) is 0 Å². The molecular formula is C25H40O13. The van der Waals surface area contributed by atoms with E-state index < -0.39 is 79.2 Å². The van der Waals surface area contributed by atoms with E-state index in [0.29, 0.717) is 12.8 Å². The van der Waals surface area contributed by atoms with Gasteiger partial charge in [-0.3, -0.25) is 19.2 Å². The van der Waals surface area contributed by atoms with Gasteiger partial charge in [-0.15, -0.1) is 0 Å². The van der Waals surface area contributed by atoms with Crippen LogP contribution in [-0.2, 0) is 57.1 Å². The third kappa shape index (κ3) is 8.34. The molecule has 0 aromatic carbocycles. The number of hydrogen-bond acceptors (Lipinski definition) is 13. The molecule has 218 valence electrons. The Balaban J connectivity index is 2.51. The highest BCUT2D eigenvalue weighted by molar-refractivity contribution is 5.68. The van der Waals surface area contributed by atoms with Crippen LogP contribution < -0.4 is 0 Å². The van der Waals surface area contributed by atoms with Gasteiger partial charge in [-0.1, -0.05) is 20.8 Å². The van der Waals surface area contributed by atoms with Crippen LogP contribution >= 0.6 is 0 Å². The summed E-state index contributed by atoms with van der Waals surface area (Å²) in [5.74, 6) is -2.93. The Labute approximate surface area is 222 Å². The number of aliphatic hydroxyl groups is 1. The lowest BCUT2D eigenvalue weighted by molar-refractivity contribution is -0.354. The molecule has 0 aliphatic carbocycles. The van der Waals surface area contributed by atoms with Crippen LogP contribution in [-0.4, -0.2) is 97.5 Å². The van der Waals surface area contributed by atoms with E-state index in [4.69, 9.17) is 37.9 Å². The molecule has 13 nitrogen and oxygen atoms in total. The first-order valence-corrected chi connectivity index (χ1v) is 12.8. The second-order valence-electron chi connectivity index (χ2n) is 9.25. The lowest BCUT2D eigenvalue weighted by Gasteiger charge is -2.48. The number of hydrogen-bond donors (Lipinski definition) is 1. The van der Waals surface area contributed by atoms with Gasteiger partial charge in [0.25, 0.3) is 0 Å². The van der Waals surface area contributed by atoms with E-state index in [1.807, 2.05) is 13.8 Å². The molecule has 1 N–H and O–H groups in total. The summed E-state index contributed by atoms with van der Waals surface area (Å²) in [6.45, 7) is 9.86. The van der Waals surface area contributed by atoms with Crippen molar-refractivity contribution in [3.63, 3.8) is 0 Å². The smallest absolute Gasteiger partial charge is 0.303 e. The normalized spacial score (nSPS) is 35.2. The first kappa shape index (κ1) is 31.9. The van der Waals surface area contributed by atoms with E-state index in [1.54, 1.807) is 6.92 Å². The van der Waals surface area contributed by atoms with Crippen molar-refractivity contribution in [1.29, 1.82) is 0 Å². The second kappa shape index (κ2) is 14.7. The van der Waals surface area contributed by atoms with Crippen molar-refractivity contribution in [1.82, 2.24) is 0 Å². The zero-order valence-corrected chi connectivity index (χ0v) is 22.9. The molecule has 0 amide bonds. The Hall–Kier alpha value is -2.32. The molecule has 2 heterocycles. The molecule has 0 spiro atoms. The monoisotopic (exact) mass is 548 g/mol. The van der Waals surface area contributed by atoms with Gasteiger partial charge in [-0.2, -0.15) is 0 Å². The van der Waals surface area contributed by atoms with E-state index in [0.717, 1.165) is 0 Å². The zero-order chi connectivity index (χ0) is 28.6. The molecule has 2 aliphatic heterocycles. The van der Waals surface area contributed by atoms with Gasteiger partial charge < -0.3 is 43.0 Å². The molecule has 0 saturated carbocycles. The molecule has 10 atom stereocenters. The Morgan fingerprint density at radius 1 is 0.658 bits per heavy atom. The summed E-state index contributed by atoms with van der Waals surface area (Å²) < 4.78 is 46.1. The van der Waals surface area contributed by atoms with E-state index >= 15 is 0 Å². The zero-order valence-electron chi connectivity index (χ0n) is 22.9. The summed E-state index contributed by atoms with van der Waals surface area (Å²) in [4.78, 5) is 48.0. The Bertz CT molecular complexity index is 817. The quantitative estimate of drug-likeness (QED) is 0.288. The molecule has 0 aromatic rings. The van der Waals surface area contributed by atoms with E-state index in [2.05, 4.69) is 0 Å². The first-order valence-electron chi connectivity index (χ1n) is 12.8. The average molecular weight is 549 g/mol. The maximum Gasteiger partial charge on any atom is 0.303 e. The molecule has 2 fully saturated rings. The van der Waals surface area contributed by atoms with E-state index in [-0.39, 0.29) is 19.1 Å². The van der Waals surface area contributed by atoms with Gasteiger partial charge >= 0.3 is 23.9 Å². The van der Waals surface area contributed by atoms with Crippen molar-refractivity contribution >= 4 is 23.9 Å². The molecule has 0 radical (unpaired) electrons. The van der Waals surface area contributed by atoms with Crippen LogP contribution in [0.25, 0.3) is 0 Å². The fourth-order valence-corrected chi connectivity index (χ4v) is 4.77. The van der Waals surface area contributed by atoms with Crippen molar-refractivity contribution in [2.75, 3.05) is 13.2 Å². The SMILES string of the molecule is CC[C@H]1O[C@@H](OCCO)[C@H](OC(C)=O)[C@@H](OC(C)=O)C1O[C@H]1O[C@H](CC)[C@@H](C)[C@H](OC(C)=O)[C@H]1OC(C)=O. The number of aliphatic hydroxyl groups excluding tert-OH is 1. The van der Waals surface area contributed by atoms with Crippen molar-refractivity contribution in [2.24, 2.45) is 5.92 Å². The second-order valence-corrected chi connectivity index (χ2v) is 9.25. The minimum atomic E-state index is -1.25. The summed E-state index contributed by atoms with van der Waals surface area (Å²) in [7, 11) is 0. The van der Waals surface area contributed by atoms with E-state index in [9.17, 15) is 24.3 Å². The molecule has 0 bridgehead atoms. The van der Waals surface area contributed by atoms with Gasteiger partial charge in [0.15, 0.2) is 30.9 Å². The Morgan fingerprint density at radius 2 is 1.11 bits per heavy atom. The van der Waals surface area contributed by atoms with Gasteiger partial charge in [-0.05, 0) is 12.8 Å². The maximum atomic E-state index is 12.1. The maximum absolute atomic E-state index is 12.1. The molecular weight excluding hydrogens is 508 g/mol. The van der Waals surface area contributed by atoms with Gasteiger partial charge in [0.1, 0.15) is 12.2 Å². The van der Waals surface area contributed by atoms with Crippen molar-refractivity contribution < 1.29 is 62.2 Å². The number of esters is 4. The molecule has 2 saturated heterocycles. The van der Waals surface area contributed by atoms with Crippen LogP contribution in [0.3, 0.4) is 0 Å². The summed E-state index contributed by atoms with van der Waals surface area (Å²) in [5.41, 5.74) is 0. The number of carbonyl (C=O) groups excluding carboxylic acids is 4. The van der Waals surface area contributed by atoms with Crippen molar-refractivity contribution in [3.05, 3.63) is 0 Å². The summed E-state index contributed by atoms with van der Waals surface area (Å²) in [6, 6.07) is 0. The number of carbonyl (C=O) groups is 4. The van der Waals surface area contributed by atoms with Gasteiger partial charge in [0, 0.05) is 33.6 Å². The number of ether oxygens (including phenoxy) is 8. The van der Waals surface area contributed by atoms with Crippen LogP contribution in [0, 0.1) is 5.92 Å². The lowest BCUT2D eigenvalue weighted by Crippen LogP contribution is -2.64. The first-order chi connectivity index (χ1) is 17.9.